The number of piperidine rings is 1. The van der Waals surface area contributed by atoms with E-state index in [1.54, 1.807) is 12.1 Å². The molecule has 6 rings (SSSR count). The number of amides is 2. The normalized spacial score (nSPS) is 22.5. The first-order valence-electron chi connectivity index (χ1n) is 16.6. The predicted molar refractivity (Wildman–Crippen MR) is 177 cm³/mol. The summed E-state index contributed by atoms with van der Waals surface area (Å²) in [6.45, 7) is 6.91. The van der Waals surface area contributed by atoms with Gasteiger partial charge in [-0.1, -0.05) is 33.1 Å². The van der Waals surface area contributed by atoms with E-state index in [2.05, 4.69) is 16.0 Å². The molecule has 5 heterocycles. The van der Waals surface area contributed by atoms with E-state index in [-0.39, 0.29) is 24.1 Å². The molecule has 0 unspecified atom stereocenters. The number of pyridine rings is 1. The number of aromatic nitrogens is 4. The highest BCUT2D eigenvalue weighted by Gasteiger charge is 2.39. The molecule has 47 heavy (non-hydrogen) atoms. The fourth-order valence-electron chi connectivity index (χ4n) is 7.16. The van der Waals surface area contributed by atoms with Crippen LogP contribution in [-0.4, -0.2) is 68.0 Å². The van der Waals surface area contributed by atoms with Gasteiger partial charge in [0.05, 0.1) is 30.1 Å². The Bertz CT molecular complexity index is 1810. The molecule has 1 aromatic carbocycles. The summed E-state index contributed by atoms with van der Waals surface area (Å²) in [6.07, 6.45) is 3.01. The zero-order valence-electron chi connectivity index (χ0n) is 27.9. The number of hydrogen-bond donors (Lipinski definition) is 2. The quantitative estimate of drug-likeness (QED) is 0.282. The molecule has 12 heteroatoms. The number of nitrogens with one attached hydrogen (secondary N) is 1. The number of likely N-dealkylation sites (tertiary alicyclic amines) is 1. The lowest BCUT2D eigenvalue weighted by Crippen LogP contribution is -2.57. The first-order chi connectivity index (χ1) is 22.4. The monoisotopic (exact) mass is 649 g/mol. The van der Waals surface area contributed by atoms with Gasteiger partial charge in [-0.2, -0.15) is 0 Å². The molecule has 2 bridgehead atoms. The molecule has 2 aliphatic rings. The maximum absolute atomic E-state index is 14.0. The summed E-state index contributed by atoms with van der Waals surface area (Å²) >= 11 is 0. The maximum atomic E-state index is 14.0. The number of fused-ring (bicyclic) bond motifs is 2. The van der Waals surface area contributed by atoms with Crippen LogP contribution < -0.4 is 15.8 Å². The molecule has 0 spiro atoms. The van der Waals surface area contributed by atoms with E-state index in [1.807, 2.05) is 44.5 Å². The molecule has 3 aromatic heterocycles. The minimum Gasteiger partial charge on any atom is -0.494 e. The van der Waals surface area contributed by atoms with Crippen molar-refractivity contribution in [2.45, 2.75) is 96.8 Å². The van der Waals surface area contributed by atoms with Crippen LogP contribution in [0.25, 0.3) is 33.6 Å². The number of nitrogens with zero attached hydrogens (tertiary/aromatic N) is 5. The van der Waals surface area contributed by atoms with Gasteiger partial charge < -0.3 is 29.8 Å². The van der Waals surface area contributed by atoms with Crippen LogP contribution in [0.4, 0.5) is 8.78 Å². The molecular weight excluding hydrogens is 604 g/mol. The van der Waals surface area contributed by atoms with Crippen molar-refractivity contribution in [3.8, 4) is 17.3 Å². The smallest absolute Gasteiger partial charge is 0.260 e. The largest absolute Gasteiger partial charge is 0.494 e. The number of methoxy groups -OCH3 is 1. The molecule has 2 amide bonds. The van der Waals surface area contributed by atoms with Gasteiger partial charge in [-0.25, -0.2) is 18.7 Å². The SMILES string of the molecule is COc1cc(C(=O)N2CCC[C@@H](N)[C@H]2C(F)F)cc2nc(-c3cc4ccc5nc4n3CCCCCCC(C)(C)C(=O)N[C@@H]5C)n(C)c12. The minimum atomic E-state index is -2.74. The van der Waals surface area contributed by atoms with Gasteiger partial charge in [0.2, 0.25) is 5.91 Å². The second-order valence-electron chi connectivity index (χ2n) is 13.7. The summed E-state index contributed by atoms with van der Waals surface area (Å²) in [5.41, 5.74) is 9.47. The third-order valence-corrected chi connectivity index (χ3v) is 9.99. The van der Waals surface area contributed by atoms with E-state index >= 15 is 0 Å². The first-order valence-corrected chi connectivity index (χ1v) is 16.6. The van der Waals surface area contributed by atoms with Crippen LogP contribution in [0.1, 0.15) is 87.8 Å². The van der Waals surface area contributed by atoms with Crippen LogP contribution in [0.2, 0.25) is 0 Å². The summed E-state index contributed by atoms with van der Waals surface area (Å²) in [5, 5.41) is 4.12. The number of nitrogens with two attached hydrogens (primary N) is 1. The summed E-state index contributed by atoms with van der Waals surface area (Å²) in [6, 6.07) is 6.90. The van der Waals surface area contributed by atoms with Crippen LogP contribution in [0, 0.1) is 5.41 Å². The summed E-state index contributed by atoms with van der Waals surface area (Å²) in [4.78, 5) is 38.1. The van der Waals surface area contributed by atoms with Gasteiger partial charge in [0.25, 0.3) is 12.3 Å². The molecule has 0 radical (unpaired) electrons. The Kier molecular flexibility index (Phi) is 8.99. The van der Waals surface area contributed by atoms with E-state index in [4.69, 9.17) is 20.4 Å². The molecule has 1 fully saturated rings. The molecule has 0 aliphatic carbocycles. The molecule has 1 saturated heterocycles. The Hall–Kier alpha value is -4.06. The second kappa shape index (κ2) is 12.9. The summed E-state index contributed by atoms with van der Waals surface area (Å²) < 4.78 is 37.9. The maximum Gasteiger partial charge on any atom is 0.260 e. The zero-order valence-corrected chi connectivity index (χ0v) is 27.9. The summed E-state index contributed by atoms with van der Waals surface area (Å²) in [5.74, 6) is 0.602. The molecule has 2 aliphatic heterocycles. The van der Waals surface area contributed by atoms with E-state index in [0.29, 0.717) is 35.4 Å². The number of halogens is 2. The zero-order chi connectivity index (χ0) is 33.6. The van der Waals surface area contributed by atoms with Crippen molar-refractivity contribution in [1.82, 2.24) is 29.3 Å². The third-order valence-electron chi connectivity index (χ3n) is 9.99. The molecule has 3 atom stereocenters. The van der Waals surface area contributed by atoms with Crippen LogP contribution in [0.5, 0.6) is 5.75 Å². The number of alkyl halides is 2. The van der Waals surface area contributed by atoms with Crippen molar-refractivity contribution in [1.29, 1.82) is 0 Å². The van der Waals surface area contributed by atoms with Gasteiger partial charge in [-0.15, -0.1) is 0 Å². The molecule has 3 N–H and O–H groups in total. The Morgan fingerprint density at radius 1 is 1.09 bits per heavy atom. The Morgan fingerprint density at radius 3 is 2.60 bits per heavy atom. The molecule has 0 saturated carbocycles. The summed E-state index contributed by atoms with van der Waals surface area (Å²) in [7, 11) is 3.42. The van der Waals surface area contributed by atoms with E-state index in [0.717, 1.165) is 61.1 Å². The topological polar surface area (TPSA) is 120 Å². The van der Waals surface area contributed by atoms with Crippen molar-refractivity contribution in [2.24, 2.45) is 18.2 Å². The number of imidazole rings is 1. The second-order valence-corrected chi connectivity index (χ2v) is 13.7. The van der Waals surface area contributed by atoms with Crippen molar-refractivity contribution in [2.75, 3.05) is 13.7 Å². The van der Waals surface area contributed by atoms with Gasteiger partial charge in [0.1, 0.15) is 23.0 Å². The molecule has 4 aromatic rings. The van der Waals surface area contributed by atoms with E-state index in [1.165, 1.54) is 12.0 Å². The van der Waals surface area contributed by atoms with Gasteiger partial charge in [-0.3, -0.25) is 9.59 Å². The van der Waals surface area contributed by atoms with Crippen LogP contribution in [-0.2, 0) is 18.4 Å². The fourth-order valence-corrected chi connectivity index (χ4v) is 7.16. The van der Waals surface area contributed by atoms with Crippen LogP contribution >= 0.6 is 0 Å². The van der Waals surface area contributed by atoms with Gasteiger partial charge in [0.15, 0.2) is 5.82 Å². The average molecular weight is 650 g/mol. The number of aryl methyl sites for hydroxylation is 2. The predicted octanol–water partition coefficient (Wildman–Crippen LogP) is 5.96. The lowest BCUT2D eigenvalue weighted by Gasteiger charge is -2.39. The molecule has 252 valence electrons. The highest BCUT2D eigenvalue weighted by atomic mass is 19.3. The Morgan fingerprint density at radius 2 is 1.85 bits per heavy atom. The lowest BCUT2D eigenvalue weighted by molar-refractivity contribution is -0.130. The first kappa shape index (κ1) is 32.9. The number of benzene rings is 1. The van der Waals surface area contributed by atoms with Crippen molar-refractivity contribution < 1.29 is 23.1 Å². The Balaban J connectivity index is 1.43. The minimum absolute atomic E-state index is 0.0272. The van der Waals surface area contributed by atoms with Crippen molar-refractivity contribution in [3.63, 3.8) is 0 Å². The highest BCUT2D eigenvalue weighted by molar-refractivity contribution is 6.00. The highest BCUT2D eigenvalue weighted by Crippen LogP contribution is 2.36. The molecular formula is C35H45F2N7O3. The van der Waals surface area contributed by atoms with Crippen molar-refractivity contribution >= 4 is 33.9 Å². The number of rotatable bonds is 4. The lowest BCUT2D eigenvalue weighted by atomic mass is 9.85. The number of ether oxygens (including phenoxy) is 1. The van der Waals surface area contributed by atoms with Crippen molar-refractivity contribution in [3.05, 3.63) is 41.6 Å². The fraction of sp³-hybridized carbons (Fsp3) is 0.543. The average Bonchev–Trinajstić information content (AvgIpc) is 3.57. The standard InChI is InChI=1S/C35H45F2N7O3/c1-20-24-13-12-21-18-26(43(31(21)40-24)15-9-7-6-8-14-35(2,3)34(46)39-20)32-41-25-17-22(19-27(47-5)29(25)42(32)4)33(45)44-16-10-11-23(38)28(44)30(36)37/h12-13,17-20,23,28,30H,6-11,14-16,38H2,1-5H3,(H,39,46)/t20-,23-,28+/m1/s1. The Labute approximate surface area is 273 Å². The van der Waals surface area contributed by atoms with Gasteiger partial charge >= 0.3 is 0 Å². The third kappa shape index (κ3) is 6.08. The van der Waals surface area contributed by atoms with Crippen LogP contribution in [0.15, 0.2) is 30.3 Å². The van der Waals surface area contributed by atoms with Gasteiger partial charge in [-0.05, 0) is 62.9 Å². The van der Waals surface area contributed by atoms with E-state index in [9.17, 15) is 18.4 Å². The molecule has 10 nitrogen and oxygen atoms in total. The number of carbonyl (C=O) groups is 2. The number of hydrogen-bond acceptors (Lipinski definition) is 6. The number of carbonyl (C=O) groups excluding carboxylic acids is 2. The van der Waals surface area contributed by atoms with Crippen LogP contribution in [0.3, 0.4) is 0 Å². The van der Waals surface area contributed by atoms with Gasteiger partial charge in [0, 0.05) is 42.5 Å². The van der Waals surface area contributed by atoms with E-state index < -0.39 is 29.8 Å².